The summed E-state index contributed by atoms with van der Waals surface area (Å²) in [5.74, 6) is 0.224. The molecule has 1 aliphatic heterocycles. The van der Waals surface area contributed by atoms with Gasteiger partial charge >= 0.3 is 0 Å². The molecular weight excluding hydrogens is 310 g/mol. The number of fused-ring (bicyclic) bond motifs is 1. The molecule has 0 bridgehead atoms. The number of likely N-dealkylation sites (tertiary alicyclic amines) is 1. The Morgan fingerprint density at radius 2 is 2.33 bits per heavy atom. The fourth-order valence-corrected chi connectivity index (χ4v) is 3.32. The van der Waals surface area contributed by atoms with Gasteiger partial charge in [0.2, 0.25) is 5.71 Å². The molecule has 4 rings (SSSR count). The largest absolute Gasteiger partial charge is 0.442 e. The van der Waals surface area contributed by atoms with Crippen molar-refractivity contribution in [2.75, 3.05) is 13.1 Å². The summed E-state index contributed by atoms with van der Waals surface area (Å²) < 4.78 is 7.38. The number of aryl methyl sites for hydroxylation is 1. The van der Waals surface area contributed by atoms with Gasteiger partial charge in [0.05, 0.1) is 17.9 Å². The molecule has 8 nitrogen and oxygen atoms in total. The number of aromatic amines is 1. The van der Waals surface area contributed by atoms with Crippen molar-refractivity contribution in [2.24, 2.45) is 0 Å². The maximum absolute atomic E-state index is 13.0. The molecule has 0 radical (unpaired) electrons. The van der Waals surface area contributed by atoms with Gasteiger partial charge in [-0.2, -0.15) is 5.10 Å². The third-order valence-corrected chi connectivity index (χ3v) is 4.47. The molecule has 1 amide bonds. The van der Waals surface area contributed by atoms with Gasteiger partial charge in [-0.25, -0.2) is 4.98 Å². The van der Waals surface area contributed by atoms with Crippen LogP contribution in [0.25, 0.3) is 11.1 Å². The monoisotopic (exact) mass is 327 g/mol. The van der Waals surface area contributed by atoms with E-state index in [2.05, 4.69) is 15.1 Å². The molecule has 0 aliphatic carbocycles. The second kappa shape index (κ2) is 5.63. The lowest BCUT2D eigenvalue weighted by molar-refractivity contribution is 0.0673. The fourth-order valence-electron chi connectivity index (χ4n) is 3.32. The molecule has 8 heteroatoms. The molecule has 4 heterocycles. The lowest BCUT2D eigenvalue weighted by Gasteiger charge is -2.32. The van der Waals surface area contributed by atoms with Gasteiger partial charge in [-0.05, 0) is 25.8 Å². The highest BCUT2D eigenvalue weighted by atomic mass is 16.3. The lowest BCUT2D eigenvalue weighted by atomic mass is 10.0. The van der Waals surface area contributed by atoms with Crippen LogP contribution in [0, 0.1) is 6.92 Å². The van der Waals surface area contributed by atoms with Crippen molar-refractivity contribution in [1.29, 1.82) is 0 Å². The van der Waals surface area contributed by atoms with Crippen LogP contribution in [0.1, 0.15) is 35.0 Å². The molecule has 0 spiro atoms. The van der Waals surface area contributed by atoms with Crippen molar-refractivity contribution in [3.05, 3.63) is 46.5 Å². The summed E-state index contributed by atoms with van der Waals surface area (Å²) in [6, 6.07) is 2.02. The van der Waals surface area contributed by atoms with Crippen molar-refractivity contribution >= 4 is 17.0 Å². The van der Waals surface area contributed by atoms with E-state index < -0.39 is 0 Å². The third-order valence-electron chi connectivity index (χ3n) is 4.47. The van der Waals surface area contributed by atoms with Gasteiger partial charge in [0.1, 0.15) is 11.1 Å². The molecule has 124 valence electrons. The average Bonchev–Trinajstić information content (AvgIpc) is 3.22. The number of carbonyl (C=O) groups excluding carboxylic acids is 1. The molecule has 1 atom stereocenters. The first kappa shape index (κ1) is 14.7. The van der Waals surface area contributed by atoms with Crippen molar-refractivity contribution in [3.8, 4) is 0 Å². The van der Waals surface area contributed by atoms with Gasteiger partial charge in [0, 0.05) is 25.5 Å². The number of amides is 1. The predicted octanol–water partition coefficient (Wildman–Crippen LogP) is 1.50. The molecule has 1 N–H and O–H groups in total. The summed E-state index contributed by atoms with van der Waals surface area (Å²) >= 11 is 0. The minimum atomic E-state index is -0.360. The minimum absolute atomic E-state index is 0.146. The normalized spacial score (nSPS) is 18.2. The van der Waals surface area contributed by atoms with Crippen molar-refractivity contribution in [1.82, 2.24) is 24.6 Å². The van der Waals surface area contributed by atoms with Gasteiger partial charge in [0.25, 0.3) is 11.5 Å². The number of piperidine rings is 1. The highest BCUT2D eigenvalue weighted by molar-refractivity contribution is 6.06. The molecule has 3 aromatic heterocycles. The van der Waals surface area contributed by atoms with Crippen LogP contribution in [0.5, 0.6) is 0 Å². The van der Waals surface area contributed by atoms with Crippen LogP contribution < -0.4 is 5.56 Å². The Bertz CT molecular complexity index is 940. The van der Waals surface area contributed by atoms with Crippen LogP contribution in [0.3, 0.4) is 0 Å². The molecule has 0 aromatic carbocycles. The van der Waals surface area contributed by atoms with Crippen LogP contribution in [0.2, 0.25) is 0 Å². The van der Waals surface area contributed by atoms with E-state index >= 15 is 0 Å². The quantitative estimate of drug-likeness (QED) is 0.769. The smallest absolute Gasteiger partial charge is 0.262 e. The minimum Gasteiger partial charge on any atom is -0.442 e. The number of aromatic nitrogens is 4. The van der Waals surface area contributed by atoms with E-state index in [1.54, 1.807) is 18.0 Å². The molecule has 0 saturated carbocycles. The van der Waals surface area contributed by atoms with Crippen LogP contribution >= 0.6 is 0 Å². The molecule has 3 aromatic rings. The average molecular weight is 327 g/mol. The Morgan fingerprint density at radius 3 is 3.12 bits per heavy atom. The number of carbonyl (C=O) groups is 1. The Morgan fingerprint density at radius 1 is 1.46 bits per heavy atom. The van der Waals surface area contributed by atoms with Crippen LogP contribution in [-0.4, -0.2) is 43.6 Å². The van der Waals surface area contributed by atoms with E-state index in [9.17, 15) is 9.59 Å². The zero-order valence-electron chi connectivity index (χ0n) is 13.2. The predicted molar refractivity (Wildman–Crippen MR) is 85.8 cm³/mol. The molecular formula is C16H17N5O3. The maximum atomic E-state index is 13.0. The summed E-state index contributed by atoms with van der Waals surface area (Å²) in [4.78, 5) is 33.4. The highest BCUT2D eigenvalue weighted by Gasteiger charge is 2.30. The van der Waals surface area contributed by atoms with Crippen molar-refractivity contribution in [3.63, 3.8) is 0 Å². The number of hydrogen-bond acceptors (Lipinski definition) is 5. The number of hydrogen-bond donors (Lipinski definition) is 1. The van der Waals surface area contributed by atoms with E-state index in [-0.39, 0.29) is 28.6 Å². The number of rotatable bonds is 2. The summed E-state index contributed by atoms with van der Waals surface area (Å²) in [5, 5.41) is 4.50. The highest BCUT2D eigenvalue weighted by Crippen LogP contribution is 2.26. The Labute approximate surface area is 137 Å². The Balaban J connectivity index is 1.69. The summed E-state index contributed by atoms with van der Waals surface area (Å²) in [5.41, 5.74) is 0.140. The van der Waals surface area contributed by atoms with Gasteiger partial charge in [0.15, 0.2) is 0 Å². The fraction of sp³-hybridized carbons (Fsp3) is 0.375. The number of nitrogens with zero attached hydrogens (tertiary/aromatic N) is 4. The first-order valence-electron chi connectivity index (χ1n) is 7.90. The van der Waals surface area contributed by atoms with Crippen molar-refractivity contribution < 1.29 is 9.21 Å². The van der Waals surface area contributed by atoms with Crippen LogP contribution in [0.15, 0.2) is 34.0 Å². The zero-order valence-corrected chi connectivity index (χ0v) is 13.2. The number of furan rings is 1. The standard InChI is InChI=1S/C16H17N5O3/c1-10-12(13-14(22)17-9-18-15(13)24-10)16(23)20-6-2-4-11(8-20)21-7-3-5-19-21/h3,5,7,9,11H,2,4,6,8H2,1H3,(H,17,18,22)/t11-/m0/s1. The van der Waals surface area contributed by atoms with E-state index in [0.29, 0.717) is 24.4 Å². The Kier molecular flexibility index (Phi) is 3.44. The molecule has 24 heavy (non-hydrogen) atoms. The Hall–Kier alpha value is -2.90. The molecule has 0 unspecified atom stereocenters. The summed E-state index contributed by atoms with van der Waals surface area (Å²) in [6.45, 7) is 2.90. The second-order valence-electron chi connectivity index (χ2n) is 5.98. The first-order valence-corrected chi connectivity index (χ1v) is 7.90. The van der Waals surface area contributed by atoms with E-state index in [0.717, 1.165) is 12.8 Å². The first-order chi connectivity index (χ1) is 11.6. The van der Waals surface area contributed by atoms with Gasteiger partial charge in [-0.3, -0.25) is 14.3 Å². The third kappa shape index (κ3) is 2.31. The van der Waals surface area contributed by atoms with Gasteiger partial charge in [-0.15, -0.1) is 0 Å². The van der Waals surface area contributed by atoms with Crippen LogP contribution in [0.4, 0.5) is 0 Å². The lowest BCUT2D eigenvalue weighted by Crippen LogP contribution is -2.41. The van der Waals surface area contributed by atoms with Gasteiger partial charge in [-0.1, -0.05) is 0 Å². The number of nitrogens with one attached hydrogen (secondary N) is 1. The molecule has 1 fully saturated rings. The maximum Gasteiger partial charge on any atom is 0.262 e. The van der Waals surface area contributed by atoms with E-state index in [1.807, 2.05) is 16.9 Å². The topological polar surface area (TPSA) is 97.0 Å². The van der Waals surface area contributed by atoms with E-state index in [1.165, 1.54) is 6.33 Å². The van der Waals surface area contributed by atoms with Crippen molar-refractivity contribution in [2.45, 2.75) is 25.8 Å². The zero-order chi connectivity index (χ0) is 16.7. The van der Waals surface area contributed by atoms with Gasteiger partial charge < -0.3 is 14.3 Å². The summed E-state index contributed by atoms with van der Waals surface area (Å²) in [6.07, 6.45) is 6.78. The summed E-state index contributed by atoms with van der Waals surface area (Å²) in [7, 11) is 0. The molecule has 1 aliphatic rings. The van der Waals surface area contributed by atoms with E-state index in [4.69, 9.17) is 4.42 Å². The second-order valence-corrected chi connectivity index (χ2v) is 5.98. The van der Waals surface area contributed by atoms with Crippen LogP contribution in [-0.2, 0) is 0 Å². The SMILES string of the molecule is Cc1oc2nc[nH]c(=O)c2c1C(=O)N1CCC[C@H](n2cccn2)C1. The number of H-pyrrole nitrogens is 1. The molecule has 1 saturated heterocycles.